The van der Waals surface area contributed by atoms with Gasteiger partial charge in [0.1, 0.15) is 29.3 Å². The van der Waals surface area contributed by atoms with Gasteiger partial charge in [-0.15, -0.1) is 23.5 Å². The molecule has 0 spiro atoms. The van der Waals surface area contributed by atoms with Gasteiger partial charge in [-0.25, -0.2) is 18.7 Å². The smallest absolute Gasteiger partial charge is 0.330 e. The van der Waals surface area contributed by atoms with Crippen molar-refractivity contribution in [2.75, 3.05) is 45.9 Å². The fourth-order valence-corrected chi connectivity index (χ4v) is 6.70. The third-order valence-electron chi connectivity index (χ3n) is 7.46. The highest BCUT2D eigenvalue weighted by atomic mass is 32.2. The van der Waals surface area contributed by atoms with E-state index in [1.54, 1.807) is 18.2 Å². The average Bonchev–Trinajstić information content (AvgIpc) is 3.16. The molecular weight excluding hydrogens is 780 g/mol. The minimum absolute atomic E-state index is 0.0143. The van der Waals surface area contributed by atoms with Crippen LogP contribution >= 0.6 is 23.5 Å². The lowest BCUT2D eigenvalue weighted by Gasteiger charge is -2.19. The Morgan fingerprint density at radius 3 is 1.43 bits per heavy atom. The topological polar surface area (TPSA) is 194 Å². The van der Waals surface area contributed by atoms with Gasteiger partial charge in [0.25, 0.3) is 23.6 Å². The number of amides is 4. The molecule has 4 amide bonds. The van der Waals surface area contributed by atoms with E-state index >= 15 is 0 Å². The van der Waals surface area contributed by atoms with Gasteiger partial charge in [0.05, 0.1) is 38.1 Å². The van der Waals surface area contributed by atoms with Gasteiger partial charge < -0.3 is 32.7 Å². The molecule has 0 aliphatic rings. The van der Waals surface area contributed by atoms with Gasteiger partial charge in [0, 0.05) is 41.8 Å². The lowest BCUT2D eigenvalue weighted by atomic mass is 10.1. The molecule has 0 radical (unpaired) electrons. The number of benzene rings is 4. The normalized spacial score (nSPS) is 11.1. The number of hydrogen-bond donors (Lipinski definition) is 6. The van der Waals surface area contributed by atoms with Crippen LogP contribution in [0.5, 0.6) is 0 Å². The Bertz CT molecular complexity index is 2280. The first-order valence-corrected chi connectivity index (χ1v) is 18.4. The monoisotopic (exact) mass is 810 g/mol. The Kier molecular flexibility index (Phi) is 13.7. The van der Waals surface area contributed by atoms with Crippen LogP contribution in [0, 0.1) is 11.6 Å². The van der Waals surface area contributed by atoms with Crippen molar-refractivity contribution in [1.82, 2.24) is 9.97 Å². The number of carbonyl (C=O) groups is 4. The molecule has 0 aliphatic carbocycles. The molecule has 5 aromatic rings. The molecule has 19 heteroatoms. The Morgan fingerprint density at radius 1 is 0.571 bits per heavy atom. The van der Waals surface area contributed by atoms with Crippen molar-refractivity contribution in [2.45, 2.75) is 16.0 Å². The molecule has 0 saturated carbocycles. The predicted octanol–water partition coefficient (Wildman–Crippen LogP) is 6.88. The maximum atomic E-state index is 14.1. The van der Waals surface area contributed by atoms with Crippen LogP contribution in [0.25, 0.3) is 0 Å². The Balaban J connectivity index is 1.42. The molecule has 56 heavy (non-hydrogen) atoms. The second-order valence-corrected chi connectivity index (χ2v) is 13.7. The van der Waals surface area contributed by atoms with Gasteiger partial charge in [-0.2, -0.15) is 13.2 Å². The van der Waals surface area contributed by atoms with Gasteiger partial charge in [0.2, 0.25) is 0 Å². The minimum Gasteiger partial charge on any atom is -0.330 e. The van der Waals surface area contributed by atoms with Crippen molar-refractivity contribution < 1.29 is 41.1 Å². The van der Waals surface area contributed by atoms with Gasteiger partial charge >= 0.3 is 6.18 Å². The molecular formula is C37H31F5N8O4S2. The van der Waals surface area contributed by atoms with Crippen molar-refractivity contribution in [3.63, 3.8) is 0 Å². The van der Waals surface area contributed by atoms with Crippen LogP contribution in [0.3, 0.4) is 0 Å². The number of rotatable bonds is 14. The lowest BCUT2D eigenvalue weighted by molar-refractivity contribution is -0.137. The number of aromatic nitrogens is 2. The van der Waals surface area contributed by atoms with E-state index in [0.717, 1.165) is 42.4 Å². The molecule has 0 aliphatic heterocycles. The summed E-state index contributed by atoms with van der Waals surface area (Å²) in [6, 6.07) is 16.6. The van der Waals surface area contributed by atoms with E-state index < -0.39 is 52.7 Å². The third-order valence-corrected chi connectivity index (χ3v) is 9.80. The highest BCUT2D eigenvalue weighted by molar-refractivity contribution is 7.99. The fraction of sp³-hybridized carbons (Fsp3) is 0.135. The number of anilines is 4. The van der Waals surface area contributed by atoms with Crippen LogP contribution in [0.1, 0.15) is 47.3 Å². The second-order valence-electron chi connectivity index (χ2n) is 11.5. The number of hydrogen-bond acceptors (Lipinski definition) is 10. The largest absolute Gasteiger partial charge is 0.416 e. The lowest BCUT2D eigenvalue weighted by Crippen LogP contribution is -2.20. The summed E-state index contributed by atoms with van der Waals surface area (Å²) in [5, 5.41) is 10.1. The summed E-state index contributed by atoms with van der Waals surface area (Å²) in [7, 11) is 0. The summed E-state index contributed by atoms with van der Waals surface area (Å²) in [4.78, 5) is 61.2. The summed E-state index contributed by atoms with van der Waals surface area (Å²) < 4.78 is 69.9. The first-order chi connectivity index (χ1) is 26.8. The first kappa shape index (κ1) is 41.3. The summed E-state index contributed by atoms with van der Waals surface area (Å²) >= 11 is 2.16. The van der Waals surface area contributed by atoms with E-state index in [4.69, 9.17) is 11.5 Å². The fourth-order valence-electron chi connectivity index (χ4n) is 4.97. The molecule has 1 aromatic heterocycles. The third kappa shape index (κ3) is 10.7. The zero-order valence-corrected chi connectivity index (χ0v) is 30.5. The number of nitrogens with one attached hydrogen (secondary N) is 4. The number of alkyl halides is 3. The molecule has 1 heterocycles. The van der Waals surface area contributed by atoms with E-state index in [2.05, 4.69) is 31.2 Å². The van der Waals surface area contributed by atoms with E-state index in [1.165, 1.54) is 42.1 Å². The van der Waals surface area contributed by atoms with Crippen molar-refractivity contribution >= 4 is 69.9 Å². The van der Waals surface area contributed by atoms with Crippen LogP contribution in [0.4, 0.5) is 44.7 Å². The molecule has 8 N–H and O–H groups in total. The van der Waals surface area contributed by atoms with Crippen molar-refractivity contribution in [3.8, 4) is 0 Å². The molecule has 0 fully saturated rings. The van der Waals surface area contributed by atoms with Gasteiger partial charge in [0.15, 0.2) is 0 Å². The number of halogens is 5. The number of nitrogens with zero attached hydrogens (tertiary/aromatic N) is 2. The number of nitrogens with two attached hydrogens (primary N) is 2. The van der Waals surface area contributed by atoms with Crippen molar-refractivity contribution in [3.05, 3.63) is 131 Å². The zero-order chi connectivity index (χ0) is 40.4. The van der Waals surface area contributed by atoms with Crippen LogP contribution in [0.15, 0.2) is 101 Å². The maximum Gasteiger partial charge on any atom is 0.416 e. The summed E-state index contributed by atoms with van der Waals surface area (Å²) in [5.41, 5.74) is 9.15. The van der Waals surface area contributed by atoms with Gasteiger partial charge in [-0.3, -0.25) is 19.2 Å². The van der Waals surface area contributed by atoms with Crippen molar-refractivity contribution in [2.24, 2.45) is 11.5 Å². The summed E-state index contributed by atoms with van der Waals surface area (Å²) in [6.45, 7) is 0.323. The molecule has 0 unspecified atom stereocenters. The summed E-state index contributed by atoms with van der Waals surface area (Å²) in [5.74, 6) is -4.17. The quantitative estimate of drug-likeness (QED) is 0.0509. The first-order valence-electron chi connectivity index (χ1n) is 16.4. The Morgan fingerprint density at radius 2 is 0.982 bits per heavy atom. The molecule has 0 bridgehead atoms. The maximum absolute atomic E-state index is 14.1. The van der Waals surface area contributed by atoms with E-state index in [0.29, 0.717) is 22.8 Å². The van der Waals surface area contributed by atoms with E-state index in [9.17, 15) is 41.1 Å². The number of thioether (sulfide) groups is 2. The average molecular weight is 811 g/mol. The Hall–Kier alpha value is -5.89. The van der Waals surface area contributed by atoms with E-state index in [1.807, 2.05) is 0 Å². The highest BCUT2D eigenvalue weighted by Crippen LogP contribution is 2.41. The standard InChI is InChI=1S/C37H31F5N8O4S2/c38-23-6-1-4-20(14-23)33(51)47-25-8-3-9-26(31(25)55-12-10-43)48-35(53)29-18-30(46-19-45-29)36(54)50-28-17-22(37(40,41)42)16-27(32(28)56-13-11-44)49-34(52)21-5-2-7-24(39)15-21/h1-9,14-19H,10-13,43-44H2,(H,47,51)(H,48,53)(H,49,52)(H,50,54). The van der Waals surface area contributed by atoms with Crippen LogP contribution in [-0.2, 0) is 6.18 Å². The minimum atomic E-state index is -4.92. The molecule has 0 saturated heterocycles. The van der Waals surface area contributed by atoms with Crippen molar-refractivity contribution in [1.29, 1.82) is 0 Å². The van der Waals surface area contributed by atoms with E-state index in [-0.39, 0.29) is 63.3 Å². The highest BCUT2D eigenvalue weighted by Gasteiger charge is 2.33. The van der Waals surface area contributed by atoms with Crippen LogP contribution in [-0.4, -0.2) is 58.2 Å². The molecule has 5 rings (SSSR count). The molecule has 0 atom stereocenters. The molecule has 12 nitrogen and oxygen atoms in total. The summed E-state index contributed by atoms with van der Waals surface area (Å²) in [6.07, 6.45) is -4.01. The molecule has 290 valence electrons. The number of carbonyl (C=O) groups excluding carboxylic acids is 4. The zero-order valence-electron chi connectivity index (χ0n) is 28.9. The van der Waals surface area contributed by atoms with Gasteiger partial charge in [-0.1, -0.05) is 18.2 Å². The van der Waals surface area contributed by atoms with Crippen LogP contribution < -0.4 is 32.7 Å². The molecule has 4 aromatic carbocycles. The predicted molar refractivity (Wildman–Crippen MR) is 204 cm³/mol. The van der Waals surface area contributed by atoms with Crippen LogP contribution in [0.2, 0.25) is 0 Å². The Labute approximate surface area is 324 Å². The second kappa shape index (κ2) is 18.6. The van der Waals surface area contributed by atoms with Gasteiger partial charge in [-0.05, 0) is 60.7 Å². The SMILES string of the molecule is NCCSc1c(NC(=O)c2cccc(F)c2)cccc1NC(=O)c1cc(C(=O)Nc2cc(C(F)(F)F)cc(NC(=O)c3cccc(F)c3)c2SCCN)ncn1.